The van der Waals surface area contributed by atoms with Crippen LogP contribution in [0.4, 0.5) is 5.95 Å². The van der Waals surface area contributed by atoms with E-state index in [1.165, 1.54) is 28.0 Å². The Morgan fingerprint density at radius 1 is 0.964 bits per heavy atom. The first kappa shape index (κ1) is 17.9. The Morgan fingerprint density at radius 2 is 1.68 bits per heavy atom. The average molecular weight is 498 g/mol. The van der Waals surface area contributed by atoms with E-state index in [2.05, 4.69) is 102 Å². The van der Waals surface area contributed by atoms with Gasteiger partial charge in [-0.2, -0.15) is 10.1 Å². The van der Waals surface area contributed by atoms with Crippen LogP contribution >= 0.6 is 31.9 Å². The van der Waals surface area contributed by atoms with E-state index in [0.29, 0.717) is 0 Å². The Balaban J connectivity index is 1.63. The fraction of sp³-hybridized carbons (Fsp3) is 0.182. The summed E-state index contributed by atoms with van der Waals surface area (Å²) in [5, 5.41) is 8.07. The van der Waals surface area contributed by atoms with E-state index < -0.39 is 0 Å². The lowest BCUT2D eigenvalue weighted by molar-refractivity contribution is 0.538. The second kappa shape index (κ2) is 7.33. The Kier molecular flexibility index (Phi) is 4.69. The van der Waals surface area contributed by atoms with Gasteiger partial charge in [0.25, 0.3) is 0 Å². The maximum Gasteiger partial charge on any atom is 0.226 e. The summed E-state index contributed by atoms with van der Waals surface area (Å²) >= 11 is 7.06. The molecule has 5 rings (SSSR count). The van der Waals surface area contributed by atoms with E-state index in [4.69, 9.17) is 0 Å². The summed E-state index contributed by atoms with van der Waals surface area (Å²) in [5.74, 6) is 0.801. The van der Waals surface area contributed by atoms with E-state index in [-0.39, 0.29) is 6.04 Å². The molecule has 1 aliphatic heterocycles. The average Bonchev–Trinajstić information content (AvgIpc) is 3.17. The van der Waals surface area contributed by atoms with Crippen molar-refractivity contribution in [2.45, 2.75) is 25.3 Å². The highest BCUT2D eigenvalue weighted by molar-refractivity contribution is 9.10. The third-order valence-corrected chi connectivity index (χ3v) is 6.37. The molecule has 1 N–H and O–H groups in total. The first-order chi connectivity index (χ1) is 13.7. The molecular formula is C22H18Br2N4. The summed E-state index contributed by atoms with van der Waals surface area (Å²) < 4.78 is 4.18. The van der Waals surface area contributed by atoms with E-state index in [1.807, 2.05) is 4.68 Å². The lowest BCUT2D eigenvalue weighted by Gasteiger charge is -2.34. The largest absolute Gasteiger partial charge is 0.324 e. The molecule has 2 aromatic carbocycles. The van der Waals surface area contributed by atoms with Crippen LogP contribution in [0, 0.1) is 0 Å². The SMILES string of the molecule is Brc1ccc(/C=C2\CCCC3=C2Nc2ncnn2C3c2ccc(Br)cc2)cc1. The Labute approximate surface area is 180 Å². The van der Waals surface area contributed by atoms with Gasteiger partial charge in [-0.05, 0) is 71.9 Å². The van der Waals surface area contributed by atoms with Crippen molar-refractivity contribution in [3.63, 3.8) is 0 Å². The van der Waals surface area contributed by atoms with Crippen molar-refractivity contribution in [2.75, 3.05) is 5.32 Å². The summed E-state index contributed by atoms with van der Waals surface area (Å²) in [4.78, 5) is 4.46. The zero-order chi connectivity index (χ0) is 19.1. The third kappa shape index (κ3) is 3.25. The molecule has 1 unspecified atom stereocenters. The second-order valence-corrected chi connectivity index (χ2v) is 8.91. The smallest absolute Gasteiger partial charge is 0.226 e. The van der Waals surface area contributed by atoms with Gasteiger partial charge in [-0.3, -0.25) is 0 Å². The van der Waals surface area contributed by atoms with Gasteiger partial charge >= 0.3 is 0 Å². The number of nitrogens with zero attached hydrogens (tertiary/aromatic N) is 3. The second-order valence-electron chi connectivity index (χ2n) is 7.08. The molecule has 0 saturated carbocycles. The predicted molar refractivity (Wildman–Crippen MR) is 119 cm³/mol. The number of fused-ring (bicyclic) bond motifs is 1. The van der Waals surface area contributed by atoms with Crippen LogP contribution in [-0.2, 0) is 0 Å². The van der Waals surface area contributed by atoms with Gasteiger partial charge in [0, 0.05) is 14.6 Å². The van der Waals surface area contributed by atoms with Gasteiger partial charge < -0.3 is 5.32 Å². The topological polar surface area (TPSA) is 42.7 Å². The van der Waals surface area contributed by atoms with Crippen LogP contribution in [0.3, 0.4) is 0 Å². The highest BCUT2D eigenvalue weighted by atomic mass is 79.9. The number of nitrogens with one attached hydrogen (secondary N) is 1. The third-order valence-electron chi connectivity index (χ3n) is 5.32. The van der Waals surface area contributed by atoms with Crippen molar-refractivity contribution < 1.29 is 0 Å². The molecule has 1 aliphatic carbocycles. The molecule has 1 atom stereocenters. The minimum Gasteiger partial charge on any atom is -0.324 e. The molecule has 0 spiro atoms. The van der Waals surface area contributed by atoms with E-state index in [9.17, 15) is 0 Å². The van der Waals surface area contributed by atoms with Crippen LogP contribution in [0.5, 0.6) is 0 Å². The molecule has 2 aliphatic rings. The maximum absolute atomic E-state index is 4.52. The van der Waals surface area contributed by atoms with Crippen LogP contribution in [0.1, 0.15) is 36.4 Å². The number of benzene rings is 2. The zero-order valence-corrected chi connectivity index (χ0v) is 18.2. The number of hydrogen-bond acceptors (Lipinski definition) is 3. The summed E-state index contributed by atoms with van der Waals surface area (Å²) in [6.45, 7) is 0. The minimum atomic E-state index is 0.0791. The van der Waals surface area contributed by atoms with Crippen LogP contribution in [0.2, 0.25) is 0 Å². The number of anilines is 1. The van der Waals surface area contributed by atoms with E-state index in [1.54, 1.807) is 6.33 Å². The Bertz CT molecular complexity index is 1080. The quantitative estimate of drug-likeness (QED) is 0.449. The van der Waals surface area contributed by atoms with Gasteiger partial charge in [-0.15, -0.1) is 0 Å². The van der Waals surface area contributed by atoms with Crippen molar-refractivity contribution in [3.8, 4) is 0 Å². The van der Waals surface area contributed by atoms with Crippen molar-refractivity contribution >= 4 is 43.9 Å². The first-order valence-corrected chi connectivity index (χ1v) is 10.9. The van der Waals surface area contributed by atoms with E-state index >= 15 is 0 Å². The number of allylic oxidation sites excluding steroid dienone is 2. The summed E-state index contributed by atoms with van der Waals surface area (Å²) in [5.41, 5.74) is 6.37. The molecule has 28 heavy (non-hydrogen) atoms. The standard InChI is InChI=1S/C22H18Br2N4/c23-17-8-4-14(5-9-17)12-16-2-1-3-19-20(16)27-22-25-13-26-28(22)21(19)15-6-10-18(24)11-7-15/h4-13,21H,1-3H2,(H,25,26,27)/b16-12+. The molecule has 0 saturated heterocycles. The monoisotopic (exact) mass is 496 g/mol. The molecule has 4 nitrogen and oxygen atoms in total. The maximum atomic E-state index is 4.52. The molecule has 2 heterocycles. The van der Waals surface area contributed by atoms with Gasteiger partial charge in [-0.25, -0.2) is 4.68 Å². The molecular weight excluding hydrogens is 480 g/mol. The van der Waals surface area contributed by atoms with Crippen molar-refractivity contribution in [1.82, 2.24) is 14.8 Å². The zero-order valence-electron chi connectivity index (χ0n) is 15.1. The number of aromatic nitrogens is 3. The molecule has 140 valence electrons. The summed E-state index contributed by atoms with van der Waals surface area (Å²) in [6.07, 6.45) is 7.17. The molecule has 0 amide bonds. The number of halogens is 2. The van der Waals surface area contributed by atoms with Gasteiger partial charge in [0.05, 0.1) is 0 Å². The lowest BCUT2D eigenvalue weighted by Crippen LogP contribution is -2.28. The van der Waals surface area contributed by atoms with Crippen LogP contribution in [0.15, 0.2) is 80.6 Å². The first-order valence-electron chi connectivity index (χ1n) is 9.30. The van der Waals surface area contributed by atoms with Crippen LogP contribution in [0.25, 0.3) is 6.08 Å². The van der Waals surface area contributed by atoms with Crippen LogP contribution < -0.4 is 5.32 Å². The van der Waals surface area contributed by atoms with Crippen molar-refractivity contribution in [3.05, 3.63) is 91.8 Å². The summed E-state index contributed by atoms with van der Waals surface area (Å²) in [7, 11) is 0. The summed E-state index contributed by atoms with van der Waals surface area (Å²) in [6, 6.07) is 17.1. The highest BCUT2D eigenvalue weighted by Gasteiger charge is 2.33. The van der Waals surface area contributed by atoms with Crippen molar-refractivity contribution in [1.29, 1.82) is 0 Å². The van der Waals surface area contributed by atoms with Gasteiger partial charge in [-0.1, -0.05) is 56.1 Å². The number of rotatable bonds is 2. The molecule has 0 fully saturated rings. The predicted octanol–water partition coefficient (Wildman–Crippen LogP) is 6.34. The van der Waals surface area contributed by atoms with Gasteiger partial charge in [0.15, 0.2) is 0 Å². The van der Waals surface area contributed by atoms with Gasteiger partial charge in [0.2, 0.25) is 5.95 Å². The molecule has 0 bridgehead atoms. The fourth-order valence-electron chi connectivity index (χ4n) is 4.04. The Morgan fingerprint density at radius 3 is 2.43 bits per heavy atom. The number of hydrogen-bond donors (Lipinski definition) is 1. The molecule has 6 heteroatoms. The Hall–Kier alpha value is -2.18. The normalized spacial score (nSPS) is 19.9. The van der Waals surface area contributed by atoms with E-state index in [0.717, 1.165) is 34.2 Å². The van der Waals surface area contributed by atoms with Gasteiger partial charge in [0.1, 0.15) is 12.4 Å². The van der Waals surface area contributed by atoms with Crippen molar-refractivity contribution in [2.24, 2.45) is 0 Å². The highest BCUT2D eigenvalue weighted by Crippen LogP contribution is 2.43. The minimum absolute atomic E-state index is 0.0791. The fourth-order valence-corrected chi connectivity index (χ4v) is 4.57. The molecule has 0 radical (unpaired) electrons. The lowest BCUT2D eigenvalue weighted by atomic mass is 9.83. The molecule has 1 aromatic heterocycles. The molecule has 3 aromatic rings. The van der Waals surface area contributed by atoms with Crippen LogP contribution in [-0.4, -0.2) is 14.8 Å².